The third kappa shape index (κ3) is 3.34. The Morgan fingerprint density at radius 1 is 1.26 bits per heavy atom. The first-order valence-electron chi connectivity index (χ1n) is 10.2. The number of carboxylic acids is 1. The molecular weight excluding hydrogens is 416 g/mol. The maximum Gasteiger partial charge on any atom is 0.345 e. The van der Waals surface area contributed by atoms with Crippen LogP contribution in [0.15, 0.2) is 36.7 Å². The van der Waals surface area contributed by atoms with Gasteiger partial charge in [-0.3, -0.25) is 4.79 Å². The lowest BCUT2D eigenvalue weighted by molar-refractivity contribution is -0.0926. The lowest BCUT2D eigenvalue weighted by Gasteiger charge is -2.44. The van der Waals surface area contributed by atoms with Crippen molar-refractivity contribution in [2.24, 2.45) is 0 Å². The SMILES string of the molecule is Cc1c(C(=O)N2CCC3(CC2)OCCc2sc(C(=O)O)cc23)cnn1-c1ccccn1. The summed E-state index contributed by atoms with van der Waals surface area (Å²) in [7, 11) is 0. The summed E-state index contributed by atoms with van der Waals surface area (Å²) in [4.78, 5) is 32.2. The minimum absolute atomic E-state index is 0.0536. The van der Waals surface area contributed by atoms with Crippen LogP contribution in [0.1, 0.15) is 49.0 Å². The average Bonchev–Trinajstić information content (AvgIpc) is 3.40. The zero-order chi connectivity index (χ0) is 21.6. The van der Waals surface area contributed by atoms with Gasteiger partial charge < -0.3 is 14.7 Å². The molecule has 5 heterocycles. The van der Waals surface area contributed by atoms with Crippen molar-refractivity contribution in [3.8, 4) is 5.82 Å². The summed E-state index contributed by atoms with van der Waals surface area (Å²) in [5.74, 6) is -0.281. The predicted octanol–water partition coefficient (Wildman–Crippen LogP) is 3.04. The summed E-state index contributed by atoms with van der Waals surface area (Å²) in [6.07, 6.45) is 5.33. The van der Waals surface area contributed by atoms with E-state index >= 15 is 0 Å². The Morgan fingerprint density at radius 2 is 2.06 bits per heavy atom. The molecule has 1 saturated heterocycles. The second-order valence-corrected chi connectivity index (χ2v) is 9.02. The monoisotopic (exact) mass is 438 g/mol. The van der Waals surface area contributed by atoms with E-state index in [1.54, 1.807) is 23.1 Å². The highest BCUT2D eigenvalue weighted by Crippen LogP contribution is 2.44. The fraction of sp³-hybridized carbons (Fsp3) is 0.364. The molecule has 31 heavy (non-hydrogen) atoms. The topological polar surface area (TPSA) is 97.5 Å². The molecule has 8 nitrogen and oxygen atoms in total. The quantitative estimate of drug-likeness (QED) is 0.675. The Balaban J connectivity index is 1.35. The van der Waals surface area contributed by atoms with Gasteiger partial charge in [0.1, 0.15) is 4.88 Å². The lowest BCUT2D eigenvalue weighted by atomic mass is 9.82. The van der Waals surface area contributed by atoms with Crippen molar-refractivity contribution in [1.29, 1.82) is 0 Å². The maximum absolute atomic E-state index is 13.2. The molecular formula is C22H22N4O4S. The molecule has 1 fully saturated rings. The fourth-order valence-corrected chi connectivity index (χ4v) is 5.58. The average molecular weight is 439 g/mol. The highest BCUT2D eigenvalue weighted by atomic mass is 32.1. The molecule has 0 unspecified atom stereocenters. The van der Waals surface area contributed by atoms with Gasteiger partial charge in [-0.2, -0.15) is 5.10 Å². The molecule has 0 atom stereocenters. The molecule has 5 rings (SSSR count). The highest BCUT2D eigenvalue weighted by molar-refractivity contribution is 7.14. The normalized spacial score (nSPS) is 17.5. The van der Waals surface area contributed by atoms with Gasteiger partial charge in [0.25, 0.3) is 5.91 Å². The molecule has 2 aliphatic heterocycles. The van der Waals surface area contributed by atoms with Gasteiger partial charge in [-0.05, 0) is 43.5 Å². The van der Waals surface area contributed by atoms with E-state index < -0.39 is 11.6 Å². The van der Waals surface area contributed by atoms with Crippen LogP contribution < -0.4 is 0 Å². The first-order chi connectivity index (χ1) is 15.0. The number of aromatic carboxylic acids is 1. The van der Waals surface area contributed by atoms with Crippen molar-refractivity contribution in [2.45, 2.75) is 31.8 Å². The van der Waals surface area contributed by atoms with Gasteiger partial charge in [0.05, 0.1) is 29.7 Å². The third-order valence-electron chi connectivity index (χ3n) is 6.18. The van der Waals surface area contributed by atoms with Crippen LogP contribution in [0.2, 0.25) is 0 Å². The summed E-state index contributed by atoms with van der Waals surface area (Å²) >= 11 is 1.34. The van der Waals surface area contributed by atoms with E-state index in [1.807, 2.05) is 30.0 Å². The summed E-state index contributed by atoms with van der Waals surface area (Å²) in [5, 5.41) is 13.7. The van der Waals surface area contributed by atoms with E-state index in [0.717, 1.165) is 22.6 Å². The molecule has 2 aliphatic rings. The van der Waals surface area contributed by atoms with E-state index in [-0.39, 0.29) is 5.91 Å². The van der Waals surface area contributed by atoms with Gasteiger partial charge in [0.15, 0.2) is 5.82 Å². The standard InChI is InChI=1S/C22H22N4O4S/c1-14-15(13-24-26(14)19-4-2-3-8-23-19)20(27)25-9-6-22(7-10-25)16-12-18(21(28)29)31-17(16)5-11-30-22/h2-4,8,12-13H,5-7,9-11H2,1H3,(H,28,29). The third-order valence-corrected chi connectivity index (χ3v) is 7.37. The van der Waals surface area contributed by atoms with Crippen molar-refractivity contribution in [3.05, 3.63) is 63.2 Å². The molecule has 3 aromatic rings. The molecule has 1 amide bonds. The number of pyridine rings is 1. The van der Waals surface area contributed by atoms with Crippen molar-refractivity contribution in [3.63, 3.8) is 0 Å². The summed E-state index contributed by atoms with van der Waals surface area (Å²) < 4.78 is 7.87. The van der Waals surface area contributed by atoms with Crippen LogP contribution in [0, 0.1) is 6.92 Å². The van der Waals surface area contributed by atoms with Crippen molar-refractivity contribution in [2.75, 3.05) is 19.7 Å². The largest absolute Gasteiger partial charge is 0.477 e. The molecule has 9 heteroatoms. The van der Waals surface area contributed by atoms with E-state index in [9.17, 15) is 14.7 Å². The van der Waals surface area contributed by atoms with Gasteiger partial charge >= 0.3 is 5.97 Å². The molecule has 0 aromatic carbocycles. The number of thiophene rings is 1. The van der Waals surface area contributed by atoms with E-state index in [0.29, 0.717) is 48.8 Å². The molecule has 0 radical (unpaired) electrons. The second kappa shape index (κ2) is 7.58. The molecule has 0 aliphatic carbocycles. The molecule has 0 bridgehead atoms. The Kier molecular flexibility index (Phi) is 4.86. The second-order valence-electron chi connectivity index (χ2n) is 7.88. The van der Waals surface area contributed by atoms with Gasteiger partial charge in [-0.25, -0.2) is 14.5 Å². The van der Waals surface area contributed by atoms with E-state index in [1.165, 1.54) is 11.3 Å². The zero-order valence-corrected chi connectivity index (χ0v) is 17.9. The Labute approximate surface area is 183 Å². The smallest absolute Gasteiger partial charge is 0.345 e. The van der Waals surface area contributed by atoms with Crippen LogP contribution >= 0.6 is 11.3 Å². The Hall–Kier alpha value is -3.04. The lowest BCUT2D eigenvalue weighted by Crippen LogP contribution is -2.48. The number of amides is 1. The number of likely N-dealkylation sites (tertiary alicyclic amines) is 1. The number of rotatable bonds is 3. The number of ether oxygens (including phenoxy) is 1. The fourth-order valence-electron chi connectivity index (χ4n) is 4.51. The highest BCUT2D eigenvalue weighted by Gasteiger charge is 2.43. The predicted molar refractivity (Wildman–Crippen MR) is 114 cm³/mol. The number of carboxylic acid groups (broad SMARTS) is 1. The molecule has 160 valence electrons. The number of aromatic nitrogens is 3. The first-order valence-corrected chi connectivity index (χ1v) is 11.1. The summed E-state index contributed by atoms with van der Waals surface area (Å²) in [6, 6.07) is 7.33. The molecule has 1 N–H and O–H groups in total. The number of hydrogen-bond acceptors (Lipinski definition) is 6. The first kappa shape index (κ1) is 19.9. The zero-order valence-electron chi connectivity index (χ0n) is 17.1. The number of carbonyl (C=O) groups excluding carboxylic acids is 1. The van der Waals surface area contributed by atoms with E-state index in [4.69, 9.17) is 4.74 Å². The molecule has 3 aromatic heterocycles. The minimum Gasteiger partial charge on any atom is -0.477 e. The molecule has 1 spiro atoms. The number of carbonyl (C=O) groups is 2. The van der Waals surface area contributed by atoms with Crippen LogP contribution in [-0.2, 0) is 16.8 Å². The number of hydrogen-bond donors (Lipinski definition) is 1. The summed E-state index contributed by atoms with van der Waals surface area (Å²) in [5.41, 5.74) is 1.81. The van der Waals surface area contributed by atoms with Crippen molar-refractivity contribution >= 4 is 23.2 Å². The number of nitrogens with zero attached hydrogens (tertiary/aromatic N) is 4. The Morgan fingerprint density at radius 3 is 2.77 bits per heavy atom. The van der Waals surface area contributed by atoms with Gasteiger partial charge in [0.2, 0.25) is 0 Å². The molecule has 0 saturated carbocycles. The van der Waals surface area contributed by atoms with Gasteiger partial charge in [0, 0.05) is 30.6 Å². The van der Waals surface area contributed by atoms with Crippen LogP contribution in [0.25, 0.3) is 5.82 Å². The minimum atomic E-state index is -0.900. The number of piperidine rings is 1. The van der Waals surface area contributed by atoms with Crippen LogP contribution in [0.4, 0.5) is 0 Å². The van der Waals surface area contributed by atoms with Gasteiger partial charge in [-0.1, -0.05) is 6.07 Å². The van der Waals surface area contributed by atoms with Crippen LogP contribution in [0.3, 0.4) is 0 Å². The number of fused-ring (bicyclic) bond motifs is 2. The van der Waals surface area contributed by atoms with Crippen LogP contribution in [0.5, 0.6) is 0 Å². The van der Waals surface area contributed by atoms with E-state index in [2.05, 4.69) is 10.1 Å². The van der Waals surface area contributed by atoms with Crippen molar-refractivity contribution in [1.82, 2.24) is 19.7 Å². The van der Waals surface area contributed by atoms with Crippen molar-refractivity contribution < 1.29 is 19.4 Å². The summed E-state index contributed by atoms with van der Waals surface area (Å²) in [6.45, 7) is 3.54. The van der Waals surface area contributed by atoms with Crippen LogP contribution in [-0.4, -0.2) is 56.3 Å². The van der Waals surface area contributed by atoms with Gasteiger partial charge in [-0.15, -0.1) is 11.3 Å². The Bertz CT molecular complexity index is 1150. The maximum atomic E-state index is 13.2.